The number of nitrogens with one attached hydrogen (secondary N) is 2. The molecule has 1 saturated carbocycles. The van der Waals surface area contributed by atoms with Crippen molar-refractivity contribution in [3.8, 4) is 0 Å². The fourth-order valence-electron chi connectivity index (χ4n) is 2.12. The molecule has 1 heterocycles. The number of hydrogen-bond acceptors (Lipinski definition) is 5. The van der Waals surface area contributed by atoms with Crippen LogP contribution >= 0.6 is 0 Å². The van der Waals surface area contributed by atoms with Crippen molar-refractivity contribution in [1.82, 2.24) is 5.32 Å². The van der Waals surface area contributed by atoms with Gasteiger partial charge in [-0.3, -0.25) is 9.59 Å². The maximum absolute atomic E-state index is 12.1. The first-order valence-corrected chi connectivity index (χ1v) is 7.99. The predicted molar refractivity (Wildman–Crippen MR) is 89.1 cm³/mol. The van der Waals surface area contributed by atoms with E-state index in [-0.39, 0.29) is 23.6 Å². The highest BCUT2D eigenvalue weighted by molar-refractivity contribution is 6.02. The third-order valence-corrected chi connectivity index (χ3v) is 3.70. The van der Waals surface area contributed by atoms with Crippen LogP contribution in [0, 0.1) is 0 Å². The first kappa shape index (κ1) is 16.8. The molecule has 1 aromatic heterocycles. The van der Waals surface area contributed by atoms with Crippen molar-refractivity contribution < 1.29 is 23.5 Å². The van der Waals surface area contributed by atoms with E-state index in [0.29, 0.717) is 11.3 Å². The number of esters is 1. The van der Waals surface area contributed by atoms with Crippen LogP contribution in [0.4, 0.5) is 5.69 Å². The molecule has 0 saturated heterocycles. The lowest BCUT2D eigenvalue weighted by atomic mass is 10.2. The average Bonchev–Trinajstić information content (AvgIpc) is 3.24. The van der Waals surface area contributed by atoms with Gasteiger partial charge in [0.2, 0.25) is 0 Å². The molecule has 25 heavy (non-hydrogen) atoms. The summed E-state index contributed by atoms with van der Waals surface area (Å²) in [4.78, 5) is 35.7. The van der Waals surface area contributed by atoms with Crippen LogP contribution in [0.2, 0.25) is 0 Å². The van der Waals surface area contributed by atoms with Gasteiger partial charge in [0.15, 0.2) is 11.9 Å². The molecule has 3 rings (SSSR count). The molecule has 130 valence electrons. The van der Waals surface area contributed by atoms with E-state index in [1.807, 2.05) is 0 Å². The molecule has 1 aliphatic rings. The first-order valence-electron chi connectivity index (χ1n) is 7.99. The molecule has 0 unspecified atom stereocenters. The number of anilines is 1. The minimum Gasteiger partial charge on any atom is -0.459 e. The Morgan fingerprint density at radius 3 is 2.48 bits per heavy atom. The quantitative estimate of drug-likeness (QED) is 0.785. The zero-order valence-electron chi connectivity index (χ0n) is 13.7. The lowest BCUT2D eigenvalue weighted by Gasteiger charge is -2.13. The highest BCUT2D eigenvalue weighted by Gasteiger charge is 2.27. The summed E-state index contributed by atoms with van der Waals surface area (Å²) in [6.07, 6.45) is 2.50. The monoisotopic (exact) mass is 342 g/mol. The van der Waals surface area contributed by atoms with Crippen molar-refractivity contribution in [3.63, 3.8) is 0 Å². The lowest BCUT2D eigenvalue weighted by Crippen LogP contribution is -2.37. The molecular weight excluding hydrogens is 324 g/mol. The van der Waals surface area contributed by atoms with Crippen LogP contribution in [0.15, 0.2) is 47.1 Å². The number of ether oxygens (including phenoxy) is 1. The van der Waals surface area contributed by atoms with Gasteiger partial charge in [-0.05, 0) is 56.2 Å². The number of carbonyl (C=O) groups excluding carboxylic acids is 3. The summed E-state index contributed by atoms with van der Waals surface area (Å²) in [5.41, 5.74) is 0.805. The van der Waals surface area contributed by atoms with Crippen LogP contribution in [-0.4, -0.2) is 29.9 Å². The van der Waals surface area contributed by atoms with Gasteiger partial charge in [-0.2, -0.15) is 0 Å². The summed E-state index contributed by atoms with van der Waals surface area (Å²) in [5, 5.41) is 5.43. The van der Waals surface area contributed by atoms with Gasteiger partial charge in [0.05, 0.1) is 11.8 Å². The Bertz CT molecular complexity index is 763. The Hall–Kier alpha value is -3.09. The van der Waals surface area contributed by atoms with Crippen LogP contribution in [0.25, 0.3) is 0 Å². The Morgan fingerprint density at radius 1 is 1.16 bits per heavy atom. The molecule has 1 aromatic carbocycles. The summed E-state index contributed by atoms with van der Waals surface area (Å²) in [6.45, 7) is 1.54. The van der Waals surface area contributed by atoms with Crippen LogP contribution < -0.4 is 10.6 Å². The topological polar surface area (TPSA) is 97.6 Å². The molecule has 1 atom stereocenters. The number of rotatable bonds is 6. The van der Waals surface area contributed by atoms with Gasteiger partial charge in [0.25, 0.3) is 11.8 Å². The van der Waals surface area contributed by atoms with Crippen LogP contribution in [-0.2, 0) is 9.53 Å². The fourth-order valence-corrected chi connectivity index (χ4v) is 2.12. The molecule has 1 aliphatic carbocycles. The Labute approximate surface area is 144 Å². The normalized spacial score (nSPS) is 14.4. The van der Waals surface area contributed by atoms with Gasteiger partial charge < -0.3 is 19.8 Å². The molecule has 2 amide bonds. The van der Waals surface area contributed by atoms with Gasteiger partial charge in [0.1, 0.15) is 0 Å². The van der Waals surface area contributed by atoms with E-state index >= 15 is 0 Å². The molecule has 2 N–H and O–H groups in total. The SMILES string of the molecule is C[C@@H](OC(=O)c1ccc(NC(=O)c2ccco2)cc1)C(=O)NC1CC1. The van der Waals surface area contributed by atoms with Gasteiger partial charge in [0, 0.05) is 11.7 Å². The highest BCUT2D eigenvalue weighted by Crippen LogP contribution is 2.19. The van der Waals surface area contributed by atoms with Gasteiger partial charge in [-0.15, -0.1) is 0 Å². The minimum atomic E-state index is -0.855. The second-order valence-electron chi connectivity index (χ2n) is 5.84. The average molecular weight is 342 g/mol. The molecule has 0 aliphatic heterocycles. The van der Waals surface area contributed by atoms with E-state index < -0.39 is 12.1 Å². The Morgan fingerprint density at radius 2 is 1.88 bits per heavy atom. The summed E-state index contributed by atoms with van der Waals surface area (Å²) in [5.74, 6) is -1.08. The summed E-state index contributed by atoms with van der Waals surface area (Å²) >= 11 is 0. The molecule has 0 radical (unpaired) electrons. The van der Waals surface area contributed by atoms with Crippen LogP contribution in [0.5, 0.6) is 0 Å². The third kappa shape index (κ3) is 4.47. The zero-order chi connectivity index (χ0) is 17.8. The zero-order valence-corrected chi connectivity index (χ0v) is 13.7. The van der Waals surface area contributed by atoms with Gasteiger partial charge >= 0.3 is 5.97 Å². The number of benzene rings is 1. The van der Waals surface area contributed by atoms with E-state index in [1.165, 1.54) is 25.3 Å². The number of carbonyl (C=O) groups is 3. The molecule has 0 spiro atoms. The standard InChI is InChI=1S/C18H18N2O5/c1-11(16(21)19-14-8-9-14)25-18(23)12-4-6-13(7-5-12)20-17(22)15-3-2-10-24-15/h2-7,10-11,14H,8-9H2,1H3,(H,19,21)(H,20,22)/t11-/m1/s1. The largest absolute Gasteiger partial charge is 0.459 e. The molecule has 0 bridgehead atoms. The Kier molecular flexibility index (Phi) is 4.83. The number of hydrogen-bond donors (Lipinski definition) is 2. The van der Waals surface area contributed by atoms with Gasteiger partial charge in [-0.1, -0.05) is 0 Å². The maximum Gasteiger partial charge on any atom is 0.338 e. The number of amides is 2. The second kappa shape index (κ2) is 7.21. The predicted octanol–water partition coefficient (Wildman–Crippen LogP) is 2.36. The first-order chi connectivity index (χ1) is 12.0. The third-order valence-electron chi connectivity index (χ3n) is 3.70. The molecule has 2 aromatic rings. The van der Waals surface area contributed by atoms with E-state index in [1.54, 1.807) is 24.3 Å². The minimum absolute atomic E-state index is 0.194. The van der Waals surface area contributed by atoms with E-state index in [4.69, 9.17) is 9.15 Å². The van der Waals surface area contributed by atoms with Crippen molar-refractivity contribution >= 4 is 23.5 Å². The highest BCUT2D eigenvalue weighted by atomic mass is 16.5. The summed E-state index contributed by atoms with van der Waals surface area (Å²) in [6, 6.07) is 9.57. The van der Waals surface area contributed by atoms with Crippen molar-refractivity contribution in [1.29, 1.82) is 0 Å². The van der Waals surface area contributed by atoms with E-state index in [0.717, 1.165) is 12.8 Å². The van der Waals surface area contributed by atoms with E-state index in [2.05, 4.69) is 10.6 Å². The molecular formula is C18H18N2O5. The van der Waals surface area contributed by atoms with E-state index in [9.17, 15) is 14.4 Å². The summed E-state index contributed by atoms with van der Waals surface area (Å²) < 4.78 is 10.2. The maximum atomic E-state index is 12.1. The van der Waals surface area contributed by atoms with Crippen LogP contribution in [0.3, 0.4) is 0 Å². The molecule has 7 nitrogen and oxygen atoms in total. The number of furan rings is 1. The smallest absolute Gasteiger partial charge is 0.338 e. The second-order valence-corrected chi connectivity index (χ2v) is 5.84. The van der Waals surface area contributed by atoms with Crippen molar-refractivity contribution in [3.05, 3.63) is 54.0 Å². The van der Waals surface area contributed by atoms with Crippen molar-refractivity contribution in [2.24, 2.45) is 0 Å². The van der Waals surface area contributed by atoms with Crippen molar-refractivity contribution in [2.45, 2.75) is 31.9 Å². The van der Waals surface area contributed by atoms with Gasteiger partial charge in [-0.25, -0.2) is 4.79 Å². The van der Waals surface area contributed by atoms with Crippen molar-refractivity contribution in [2.75, 3.05) is 5.32 Å². The molecule has 7 heteroatoms. The summed E-state index contributed by atoms with van der Waals surface area (Å²) in [7, 11) is 0. The molecule has 1 fully saturated rings. The lowest BCUT2D eigenvalue weighted by molar-refractivity contribution is -0.129. The van der Waals surface area contributed by atoms with Crippen LogP contribution in [0.1, 0.15) is 40.7 Å². The fraction of sp³-hybridized carbons (Fsp3) is 0.278. The Balaban J connectivity index is 1.54.